The molecule has 0 saturated heterocycles. The molecule has 0 fully saturated rings. The molecule has 37 heavy (non-hydrogen) atoms. The van der Waals surface area contributed by atoms with Crippen molar-refractivity contribution >= 4 is 0 Å². The van der Waals surface area contributed by atoms with Crippen LogP contribution in [-0.2, 0) is 6.42 Å². The number of imidazole rings is 1. The fraction of sp³-hybridized carbons (Fsp3) is 0.743. The molecule has 2 atom stereocenters. The lowest BCUT2D eigenvalue weighted by atomic mass is 9.84. The van der Waals surface area contributed by atoms with Gasteiger partial charge in [-0.2, -0.15) is 0 Å². The van der Waals surface area contributed by atoms with Gasteiger partial charge in [0.05, 0.1) is 6.33 Å². The lowest BCUT2D eigenvalue weighted by molar-refractivity contribution is 0.275. The van der Waals surface area contributed by atoms with E-state index in [4.69, 9.17) is 0 Å². The van der Waals surface area contributed by atoms with Gasteiger partial charge in [-0.25, -0.2) is 4.98 Å². The zero-order chi connectivity index (χ0) is 26.2. The Kier molecular flexibility index (Phi) is 19.2. The van der Waals surface area contributed by atoms with Crippen LogP contribution >= 0.6 is 0 Å². The third kappa shape index (κ3) is 15.4. The Hall–Kier alpha value is -1.57. The molecule has 1 aromatic carbocycles. The maximum absolute atomic E-state index is 4.43. The minimum absolute atomic E-state index is 0.575. The molecular formula is C35H60N2. The van der Waals surface area contributed by atoms with Gasteiger partial charge in [-0.3, -0.25) is 0 Å². The predicted octanol–water partition coefficient (Wildman–Crippen LogP) is 11.5. The van der Waals surface area contributed by atoms with Gasteiger partial charge in [-0.1, -0.05) is 166 Å². The fourth-order valence-corrected chi connectivity index (χ4v) is 6.00. The van der Waals surface area contributed by atoms with Crippen LogP contribution in [0.1, 0.15) is 160 Å². The Morgan fingerprint density at radius 2 is 1.08 bits per heavy atom. The third-order valence-electron chi connectivity index (χ3n) is 8.32. The molecule has 2 nitrogen and oxygen atoms in total. The topological polar surface area (TPSA) is 17.8 Å². The summed E-state index contributed by atoms with van der Waals surface area (Å²) in [4.78, 5) is 4.43. The van der Waals surface area contributed by atoms with Crippen LogP contribution in [0.5, 0.6) is 0 Å². The summed E-state index contributed by atoms with van der Waals surface area (Å²) in [6.07, 6.45) is 36.9. The maximum atomic E-state index is 4.43. The molecule has 0 spiro atoms. The highest BCUT2D eigenvalue weighted by atomic mass is 15.1. The molecule has 210 valence electrons. The van der Waals surface area contributed by atoms with Crippen LogP contribution in [-0.4, -0.2) is 9.55 Å². The number of nitrogens with zero attached hydrogens (tertiary/aromatic N) is 2. The van der Waals surface area contributed by atoms with E-state index in [0.717, 1.165) is 0 Å². The Balaban J connectivity index is 1.75. The van der Waals surface area contributed by atoms with Gasteiger partial charge in [0.2, 0.25) is 0 Å². The molecule has 0 aliphatic carbocycles. The van der Waals surface area contributed by atoms with Crippen LogP contribution in [0.3, 0.4) is 0 Å². The van der Waals surface area contributed by atoms with E-state index in [-0.39, 0.29) is 0 Å². The monoisotopic (exact) mass is 508 g/mol. The van der Waals surface area contributed by atoms with Crippen molar-refractivity contribution in [1.82, 2.24) is 9.55 Å². The first-order valence-electron chi connectivity index (χ1n) is 16.4. The Morgan fingerprint density at radius 3 is 1.57 bits per heavy atom. The first-order valence-corrected chi connectivity index (χ1v) is 16.4. The highest BCUT2D eigenvalue weighted by Crippen LogP contribution is 2.32. The minimum Gasteiger partial charge on any atom is -0.334 e. The third-order valence-corrected chi connectivity index (χ3v) is 8.32. The number of hydrogen-bond donors (Lipinski definition) is 0. The van der Waals surface area contributed by atoms with Gasteiger partial charge in [0.1, 0.15) is 0 Å². The molecule has 2 rings (SSSR count). The van der Waals surface area contributed by atoms with E-state index in [1.165, 1.54) is 147 Å². The summed E-state index contributed by atoms with van der Waals surface area (Å²) in [7, 11) is 0. The van der Waals surface area contributed by atoms with E-state index in [1.807, 2.05) is 6.20 Å². The van der Waals surface area contributed by atoms with Gasteiger partial charge in [0.25, 0.3) is 0 Å². The van der Waals surface area contributed by atoms with Crippen molar-refractivity contribution < 1.29 is 0 Å². The molecule has 2 heteroatoms. The van der Waals surface area contributed by atoms with Crippen LogP contribution in [0.25, 0.3) is 0 Å². The predicted molar refractivity (Wildman–Crippen MR) is 163 cm³/mol. The van der Waals surface area contributed by atoms with Crippen LogP contribution in [0.2, 0.25) is 0 Å². The van der Waals surface area contributed by atoms with Gasteiger partial charge in [-0.15, -0.1) is 0 Å². The number of benzene rings is 1. The summed E-state index contributed by atoms with van der Waals surface area (Å²) in [6, 6.07) is 11.8. The summed E-state index contributed by atoms with van der Waals surface area (Å²) in [5.74, 6) is 0.694. The van der Waals surface area contributed by atoms with Gasteiger partial charge in [0.15, 0.2) is 0 Å². The lowest BCUT2D eigenvalue weighted by Gasteiger charge is -2.29. The SMILES string of the molecule is CCCCCCCCCCCCCCCC(Cc1ccccc1)C(CCCCCCCC)n1ccnc1. The zero-order valence-electron chi connectivity index (χ0n) is 24.7. The number of unbranched alkanes of at least 4 members (excludes halogenated alkanes) is 17. The zero-order valence-corrected chi connectivity index (χ0v) is 24.7. The standard InChI is InChI=1S/C35H60N2/c1-3-5-7-9-11-12-13-14-15-16-17-18-23-27-34(31-33-25-21-20-22-26-33)35(37-30-29-36-32-37)28-24-19-10-8-6-4-2/h20-22,25-26,29-30,32,34-35H,3-19,23-24,27-28,31H2,1-2H3. The molecule has 1 heterocycles. The quantitative estimate of drug-likeness (QED) is 0.122. The number of aromatic nitrogens is 2. The molecule has 0 aliphatic rings. The highest BCUT2D eigenvalue weighted by molar-refractivity contribution is 5.15. The van der Waals surface area contributed by atoms with Gasteiger partial charge < -0.3 is 4.57 Å². The summed E-state index contributed by atoms with van der Waals surface area (Å²) >= 11 is 0. The van der Waals surface area contributed by atoms with E-state index in [1.54, 1.807) is 0 Å². The molecule has 0 radical (unpaired) electrons. The van der Waals surface area contributed by atoms with Crippen molar-refractivity contribution in [2.24, 2.45) is 5.92 Å². The van der Waals surface area contributed by atoms with Crippen molar-refractivity contribution in [1.29, 1.82) is 0 Å². The summed E-state index contributed by atoms with van der Waals surface area (Å²) in [6.45, 7) is 4.61. The normalized spacial score (nSPS) is 13.1. The van der Waals surface area contributed by atoms with Crippen LogP contribution < -0.4 is 0 Å². The fourth-order valence-electron chi connectivity index (χ4n) is 6.00. The molecule has 0 saturated carbocycles. The van der Waals surface area contributed by atoms with Crippen molar-refractivity contribution in [3.63, 3.8) is 0 Å². The lowest BCUT2D eigenvalue weighted by Crippen LogP contribution is -2.21. The van der Waals surface area contributed by atoms with E-state index in [9.17, 15) is 0 Å². The van der Waals surface area contributed by atoms with Crippen molar-refractivity contribution in [2.75, 3.05) is 0 Å². The molecule has 0 aliphatic heterocycles. The average molecular weight is 509 g/mol. The molecule has 0 bridgehead atoms. The first-order chi connectivity index (χ1) is 18.3. The van der Waals surface area contributed by atoms with E-state index in [2.05, 4.69) is 66.3 Å². The Bertz CT molecular complexity index is 708. The van der Waals surface area contributed by atoms with Gasteiger partial charge in [0, 0.05) is 18.4 Å². The average Bonchev–Trinajstić information content (AvgIpc) is 3.46. The summed E-state index contributed by atoms with van der Waals surface area (Å²) in [5, 5.41) is 0. The highest BCUT2D eigenvalue weighted by Gasteiger charge is 2.23. The second kappa shape index (κ2) is 22.4. The number of hydrogen-bond acceptors (Lipinski definition) is 1. The van der Waals surface area contributed by atoms with Gasteiger partial charge in [-0.05, 0) is 30.7 Å². The Labute approximate surface area is 231 Å². The van der Waals surface area contributed by atoms with Crippen molar-refractivity contribution in [2.45, 2.75) is 161 Å². The second-order valence-electron chi connectivity index (χ2n) is 11.6. The second-order valence-corrected chi connectivity index (χ2v) is 11.6. The molecule has 0 amide bonds. The van der Waals surface area contributed by atoms with Crippen LogP contribution in [0.15, 0.2) is 49.1 Å². The minimum atomic E-state index is 0.575. The maximum Gasteiger partial charge on any atom is 0.0948 e. The summed E-state index contributed by atoms with van der Waals surface area (Å²) in [5.41, 5.74) is 1.50. The van der Waals surface area contributed by atoms with Crippen molar-refractivity contribution in [3.8, 4) is 0 Å². The Morgan fingerprint density at radius 1 is 0.595 bits per heavy atom. The first kappa shape index (κ1) is 31.6. The molecule has 0 N–H and O–H groups in total. The number of rotatable bonds is 25. The molecular weight excluding hydrogens is 448 g/mol. The van der Waals surface area contributed by atoms with Crippen LogP contribution in [0, 0.1) is 5.92 Å². The van der Waals surface area contributed by atoms with Gasteiger partial charge >= 0.3 is 0 Å². The molecule has 1 aromatic heterocycles. The van der Waals surface area contributed by atoms with E-state index >= 15 is 0 Å². The smallest absolute Gasteiger partial charge is 0.0948 e. The largest absolute Gasteiger partial charge is 0.334 e. The molecule has 2 aromatic rings. The van der Waals surface area contributed by atoms with Crippen LogP contribution in [0.4, 0.5) is 0 Å². The van der Waals surface area contributed by atoms with E-state index in [0.29, 0.717) is 12.0 Å². The summed E-state index contributed by atoms with van der Waals surface area (Å²) < 4.78 is 2.43. The van der Waals surface area contributed by atoms with E-state index < -0.39 is 0 Å². The van der Waals surface area contributed by atoms with Crippen molar-refractivity contribution in [3.05, 3.63) is 54.6 Å². The molecule has 2 unspecified atom stereocenters.